The van der Waals surface area contributed by atoms with E-state index in [4.69, 9.17) is 24.0 Å². The second kappa shape index (κ2) is 19.9. The van der Waals surface area contributed by atoms with Crippen LogP contribution in [0.5, 0.6) is 23.0 Å². The second-order valence-electron chi connectivity index (χ2n) is 18.6. The van der Waals surface area contributed by atoms with Crippen molar-refractivity contribution in [3.8, 4) is 34.3 Å². The molecule has 17 heteroatoms. The Morgan fingerprint density at radius 3 is 2.27 bits per heavy atom. The van der Waals surface area contributed by atoms with Crippen LogP contribution in [0.15, 0.2) is 41.8 Å². The Bertz CT molecular complexity index is 2550. The predicted octanol–water partition coefficient (Wildman–Crippen LogP) is 6.82. The molecule has 5 aliphatic rings. The van der Waals surface area contributed by atoms with Crippen molar-refractivity contribution in [2.24, 2.45) is 22.9 Å². The summed E-state index contributed by atoms with van der Waals surface area (Å²) in [5.74, 6) is 0.419. The third kappa shape index (κ3) is 9.51. The number of halogens is 1. The van der Waals surface area contributed by atoms with Crippen LogP contribution >= 0.6 is 0 Å². The number of fused-ring (bicyclic) bond motifs is 2. The molecule has 3 aliphatic heterocycles. The molecule has 0 unspecified atom stereocenters. The SMILES string of the molecule is COc1cc(OCC2CC2)c(-c2ncnc3c(C(=O)N[C@@H](CCC(=O)N4CCCCC4)C(=O)N4CCC(N5N=C(c6ccc(OC)c(OC)c6)[C@H]6CCCC[C@H]6C5=O)CC4)c(C)[nH]c23)cc1F. The van der Waals surface area contributed by atoms with Gasteiger partial charge in [0.05, 0.1) is 50.8 Å². The van der Waals surface area contributed by atoms with Crippen molar-refractivity contribution in [3.05, 3.63) is 59.3 Å². The molecule has 0 radical (unpaired) electrons. The molecule has 9 rings (SSSR count). The molecule has 2 aliphatic carbocycles. The maximum Gasteiger partial charge on any atom is 0.255 e. The molecule has 2 N–H and O–H groups in total. The summed E-state index contributed by atoms with van der Waals surface area (Å²) in [6, 6.07) is 7.32. The smallest absolute Gasteiger partial charge is 0.255 e. The van der Waals surface area contributed by atoms with E-state index < -0.39 is 17.8 Å². The lowest BCUT2D eigenvalue weighted by Gasteiger charge is -2.43. The summed E-state index contributed by atoms with van der Waals surface area (Å²) >= 11 is 0. The zero-order valence-electron chi connectivity index (χ0n) is 38.9. The van der Waals surface area contributed by atoms with Crippen molar-refractivity contribution in [3.63, 3.8) is 0 Å². The molecule has 4 aromatic rings. The molecule has 2 saturated heterocycles. The van der Waals surface area contributed by atoms with Gasteiger partial charge in [0.1, 0.15) is 29.3 Å². The lowest BCUT2D eigenvalue weighted by Crippen LogP contribution is -2.55. The molecule has 4 fully saturated rings. The second-order valence-corrected chi connectivity index (χ2v) is 18.6. The zero-order chi connectivity index (χ0) is 46.8. The van der Waals surface area contributed by atoms with Gasteiger partial charge in [-0.2, -0.15) is 5.10 Å². The number of nitrogens with zero attached hydrogens (tertiary/aromatic N) is 6. The first kappa shape index (κ1) is 45.9. The molecule has 2 aromatic carbocycles. The fourth-order valence-electron chi connectivity index (χ4n) is 10.4. The van der Waals surface area contributed by atoms with E-state index in [9.17, 15) is 19.2 Å². The van der Waals surface area contributed by atoms with Crippen molar-refractivity contribution in [2.45, 2.75) is 102 Å². The van der Waals surface area contributed by atoms with Gasteiger partial charge in [0.2, 0.25) is 17.7 Å². The van der Waals surface area contributed by atoms with Crippen LogP contribution in [-0.4, -0.2) is 125 Å². The number of hydrogen-bond donors (Lipinski definition) is 2. The standard InChI is InChI=1S/C50H61FN8O8/c1-29-43(46-47(54-29)45(52-28-53-46)35-25-36(51)40(65-3)26-39(35)67-27-30-12-13-30)48(61)55-37(15-17-42(60)57-20-8-5-9-21-57)50(63)58-22-18-32(19-23-58)59-49(62)34-11-7-6-10-33(34)44(56-59)31-14-16-38(64-2)41(24-31)66-4/h14,16,24-26,28,30,32-34,37,54H,5-13,15,17-23,27H2,1-4H3,(H,55,61)/t33-,34+,37-/m0/s1. The molecule has 2 aromatic heterocycles. The van der Waals surface area contributed by atoms with Crippen LogP contribution in [-0.2, 0) is 14.4 Å². The van der Waals surface area contributed by atoms with Crippen molar-refractivity contribution in [1.82, 2.24) is 35.1 Å². The van der Waals surface area contributed by atoms with Gasteiger partial charge in [-0.15, -0.1) is 0 Å². The Labute approximate surface area is 389 Å². The highest BCUT2D eigenvalue weighted by atomic mass is 19.1. The molecule has 3 atom stereocenters. The summed E-state index contributed by atoms with van der Waals surface area (Å²) in [6.45, 7) is 4.21. The predicted molar refractivity (Wildman–Crippen MR) is 248 cm³/mol. The molecule has 0 bridgehead atoms. The van der Waals surface area contributed by atoms with Gasteiger partial charge in [0.15, 0.2) is 23.1 Å². The van der Waals surface area contributed by atoms with E-state index in [0.717, 1.165) is 69.1 Å². The molecule has 67 heavy (non-hydrogen) atoms. The molecular weight excluding hydrogens is 860 g/mol. The molecule has 5 heterocycles. The number of H-pyrrole nitrogens is 1. The van der Waals surface area contributed by atoms with Crippen LogP contribution in [0.4, 0.5) is 4.39 Å². The fourth-order valence-corrected chi connectivity index (χ4v) is 10.4. The van der Waals surface area contributed by atoms with Crippen LogP contribution in [0.1, 0.15) is 105 Å². The monoisotopic (exact) mass is 920 g/mol. The van der Waals surface area contributed by atoms with Crippen LogP contribution < -0.4 is 24.3 Å². The first-order valence-electron chi connectivity index (χ1n) is 23.9. The van der Waals surface area contributed by atoms with E-state index in [1.54, 1.807) is 31.1 Å². The average Bonchev–Trinajstić information content (AvgIpc) is 4.13. The summed E-state index contributed by atoms with van der Waals surface area (Å²) in [7, 11) is 4.59. The highest BCUT2D eigenvalue weighted by Crippen LogP contribution is 2.42. The number of aromatic amines is 1. The number of piperidine rings is 2. The summed E-state index contributed by atoms with van der Waals surface area (Å²) in [4.78, 5) is 72.8. The van der Waals surface area contributed by atoms with Crippen LogP contribution in [0, 0.1) is 30.5 Å². The van der Waals surface area contributed by atoms with E-state index >= 15 is 4.39 Å². The number of methoxy groups -OCH3 is 3. The molecule has 16 nitrogen and oxygen atoms in total. The Morgan fingerprint density at radius 2 is 1.55 bits per heavy atom. The van der Waals surface area contributed by atoms with E-state index in [1.165, 1.54) is 25.6 Å². The highest BCUT2D eigenvalue weighted by Gasteiger charge is 2.44. The summed E-state index contributed by atoms with van der Waals surface area (Å²) in [6.07, 6.45) is 11.2. The minimum Gasteiger partial charge on any atom is -0.494 e. The van der Waals surface area contributed by atoms with Gasteiger partial charge in [0.25, 0.3) is 5.91 Å². The van der Waals surface area contributed by atoms with Crippen molar-refractivity contribution in [1.29, 1.82) is 0 Å². The number of amides is 4. The number of likely N-dealkylation sites (tertiary alicyclic amines) is 2. The van der Waals surface area contributed by atoms with Crippen molar-refractivity contribution < 1.29 is 42.5 Å². The number of nitrogens with one attached hydrogen (secondary N) is 2. The average molecular weight is 921 g/mol. The number of ether oxygens (including phenoxy) is 4. The third-order valence-electron chi connectivity index (χ3n) is 14.3. The summed E-state index contributed by atoms with van der Waals surface area (Å²) < 4.78 is 37.9. The van der Waals surface area contributed by atoms with Gasteiger partial charge in [-0.25, -0.2) is 19.4 Å². The van der Waals surface area contributed by atoms with Gasteiger partial charge >= 0.3 is 0 Å². The van der Waals surface area contributed by atoms with Gasteiger partial charge in [-0.1, -0.05) is 12.8 Å². The number of aromatic nitrogens is 3. The molecule has 0 spiro atoms. The number of hydrogen-bond acceptors (Lipinski definition) is 11. The zero-order valence-corrected chi connectivity index (χ0v) is 38.9. The van der Waals surface area contributed by atoms with Gasteiger partial charge in [0, 0.05) is 67.3 Å². The number of carbonyl (C=O) groups excluding carboxylic acids is 4. The summed E-state index contributed by atoms with van der Waals surface area (Å²) in [5.41, 5.74) is 3.85. The quantitative estimate of drug-likeness (QED) is 0.128. The van der Waals surface area contributed by atoms with Crippen LogP contribution in [0.25, 0.3) is 22.3 Å². The number of aryl methyl sites for hydroxylation is 1. The molecule has 4 amide bonds. The Hall–Kier alpha value is -6.26. The van der Waals surface area contributed by atoms with E-state index in [2.05, 4.69) is 20.3 Å². The van der Waals surface area contributed by atoms with Crippen molar-refractivity contribution in [2.75, 3.05) is 54.1 Å². The third-order valence-corrected chi connectivity index (χ3v) is 14.3. The number of benzene rings is 2. The van der Waals surface area contributed by atoms with Crippen LogP contribution in [0.2, 0.25) is 0 Å². The van der Waals surface area contributed by atoms with E-state index in [0.29, 0.717) is 96.8 Å². The normalized spacial score (nSPS) is 20.5. The van der Waals surface area contributed by atoms with E-state index in [-0.39, 0.29) is 59.8 Å². The van der Waals surface area contributed by atoms with Gasteiger partial charge < -0.3 is 39.0 Å². The molecule has 356 valence electrons. The highest BCUT2D eigenvalue weighted by molar-refractivity contribution is 6.10. The Morgan fingerprint density at radius 1 is 0.821 bits per heavy atom. The molecule has 2 saturated carbocycles. The first-order chi connectivity index (χ1) is 32.6. The Balaban J connectivity index is 0.957. The van der Waals surface area contributed by atoms with Gasteiger partial charge in [-0.05, 0) is 101 Å². The van der Waals surface area contributed by atoms with Gasteiger partial charge in [-0.3, -0.25) is 19.2 Å². The maximum atomic E-state index is 15.3. The number of carbonyl (C=O) groups is 4. The number of rotatable bonds is 15. The fraction of sp³-hybridized carbons (Fsp3) is 0.540. The topological polar surface area (TPSA) is 181 Å². The summed E-state index contributed by atoms with van der Waals surface area (Å²) in [5, 5.41) is 9.77. The van der Waals surface area contributed by atoms with Crippen molar-refractivity contribution >= 4 is 40.4 Å². The number of hydrazone groups is 1. The lowest BCUT2D eigenvalue weighted by atomic mass is 9.73. The molecular formula is C50H61FN8O8. The maximum absolute atomic E-state index is 15.3. The minimum atomic E-state index is -1.03. The minimum absolute atomic E-state index is 0.00185. The van der Waals surface area contributed by atoms with Crippen LogP contribution in [0.3, 0.4) is 0 Å². The van der Waals surface area contributed by atoms with E-state index in [1.807, 2.05) is 23.1 Å². The lowest BCUT2D eigenvalue weighted by molar-refractivity contribution is -0.143. The first-order valence-corrected chi connectivity index (χ1v) is 23.9. The Kier molecular flexibility index (Phi) is 13.6. The largest absolute Gasteiger partial charge is 0.494 e.